The number of carbonyl (C=O) groups excluding carboxylic acids is 2. The molecule has 2 amide bonds. The molecular formula is C29H32FN5O4. The first-order valence-electron chi connectivity index (χ1n) is 12.7. The van der Waals surface area contributed by atoms with Gasteiger partial charge in [-0.2, -0.15) is 0 Å². The monoisotopic (exact) mass is 533 g/mol. The van der Waals surface area contributed by atoms with Gasteiger partial charge in [-0.25, -0.2) is 9.07 Å². The lowest BCUT2D eigenvalue weighted by Gasteiger charge is -2.32. The number of hydrogen-bond acceptors (Lipinski definition) is 6. The first-order valence-corrected chi connectivity index (χ1v) is 12.7. The Hall–Kier alpha value is -4.47. The smallest absolute Gasteiger partial charge is 0.249 e. The van der Waals surface area contributed by atoms with Crippen molar-refractivity contribution in [3.63, 3.8) is 0 Å². The largest absolute Gasteiger partial charge is 0.493 e. The molecule has 0 aliphatic heterocycles. The zero-order valence-corrected chi connectivity index (χ0v) is 22.4. The highest BCUT2D eigenvalue weighted by Crippen LogP contribution is 2.35. The van der Waals surface area contributed by atoms with E-state index in [2.05, 4.69) is 29.5 Å². The van der Waals surface area contributed by atoms with Gasteiger partial charge in [0.05, 0.1) is 19.7 Å². The third-order valence-corrected chi connectivity index (χ3v) is 6.31. The lowest BCUT2D eigenvalue weighted by molar-refractivity contribution is -0.127. The second kappa shape index (κ2) is 12.4. The Bertz CT molecular complexity index is 1450. The third-order valence-electron chi connectivity index (χ3n) is 6.31. The van der Waals surface area contributed by atoms with Crippen LogP contribution >= 0.6 is 0 Å². The van der Waals surface area contributed by atoms with Crippen LogP contribution in [0.3, 0.4) is 0 Å². The molecule has 4 rings (SSSR count). The number of aromatic nitrogens is 3. The minimum atomic E-state index is -1.14. The molecule has 39 heavy (non-hydrogen) atoms. The summed E-state index contributed by atoms with van der Waals surface area (Å²) in [5.41, 5.74) is 1.98. The number of nitrogens with zero attached hydrogens (tertiary/aromatic N) is 4. The van der Waals surface area contributed by atoms with Crippen molar-refractivity contribution >= 4 is 28.5 Å². The number of anilines is 1. The Morgan fingerprint density at radius 2 is 1.77 bits per heavy atom. The first-order chi connectivity index (χ1) is 18.8. The maximum Gasteiger partial charge on any atom is 0.249 e. The average Bonchev–Trinajstić information content (AvgIpc) is 3.33. The van der Waals surface area contributed by atoms with E-state index in [1.807, 2.05) is 12.1 Å². The average molecular weight is 534 g/mol. The van der Waals surface area contributed by atoms with Gasteiger partial charge in [-0.3, -0.25) is 14.5 Å². The molecule has 1 N–H and O–H groups in total. The molecule has 0 saturated heterocycles. The van der Waals surface area contributed by atoms with E-state index in [0.717, 1.165) is 6.42 Å². The molecule has 1 unspecified atom stereocenters. The van der Waals surface area contributed by atoms with Crippen LogP contribution in [0.5, 0.6) is 11.5 Å². The fourth-order valence-corrected chi connectivity index (χ4v) is 4.32. The first kappa shape index (κ1) is 27.6. The third kappa shape index (κ3) is 6.34. The van der Waals surface area contributed by atoms with E-state index in [1.54, 1.807) is 36.4 Å². The molecule has 10 heteroatoms. The van der Waals surface area contributed by atoms with E-state index in [-0.39, 0.29) is 12.2 Å². The number of halogens is 1. The van der Waals surface area contributed by atoms with Gasteiger partial charge in [-0.1, -0.05) is 43.3 Å². The molecular weight excluding hydrogens is 501 g/mol. The second-order valence-electron chi connectivity index (χ2n) is 9.47. The number of nitrogens with one attached hydrogen (secondary N) is 1. The van der Waals surface area contributed by atoms with Crippen LogP contribution in [0.25, 0.3) is 11.0 Å². The Morgan fingerprint density at radius 1 is 1.00 bits per heavy atom. The summed E-state index contributed by atoms with van der Waals surface area (Å²) in [7, 11) is 3.00. The Labute approximate surface area is 226 Å². The van der Waals surface area contributed by atoms with Crippen LogP contribution < -0.4 is 19.7 Å². The van der Waals surface area contributed by atoms with Crippen molar-refractivity contribution in [3.8, 4) is 11.5 Å². The molecule has 0 spiro atoms. The lowest BCUT2D eigenvalue weighted by atomic mass is 10.0. The van der Waals surface area contributed by atoms with E-state index >= 15 is 0 Å². The van der Waals surface area contributed by atoms with Gasteiger partial charge in [-0.05, 0) is 60.4 Å². The van der Waals surface area contributed by atoms with Crippen LogP contribution in [0.1, 0.15) is 31.9 Å². The Balaban J connectivity index is 1.81. The van der Waals surface area contributed by atoms with E-state index in [1.165, 1.54) is 42.0 Å². The van der Waals surface area contributed by atoms with Crippen molar-refractivity contribution in [2.75, 3.05) is 25.7 Å². The minimum Gasteiger partial charge on any atom is -0.493 e. The fourth-order valence-electron chi connectivity index (χ4n) is 4.32. The highest BCUT2D eigenvalue weighted by molar-refractivity contribution is 6.01. The second-order valence-corrected chi connectivity index (χ2v) is 9.47. The molecule has 0 aliphatic rings. The van der Waals surface area contributed by atoms with Gasteiger partial charge in [0.2, 0.25) is 11.8 Å². The highest BCUT2D eigenvalue weighted by atomic mass is 19.1. The molecule has 1 aromatic heterocycles. The number of fused-ring (bicyclic) bond motifs is 1. The standard InChI is InChI=1S/C29H32FN5O4/c1-19(2)14-15-31-29(37)28(20-12-13-25(38-3)26(16-20)39-4)35(22-9-7-8-21(30)17-22)27(36)18-34-24-11-6-5-10-23(24)32-33-34/h5-13,16-17,19,28H,14-15,18H2,1-4H3,(H,31,37). The molecule has 1 heterocycles. The van der Waals surface area contributed by atoms with E-state index < -0.39 is 23.7 Å². The molecule has 204 valence electrons. The summed E-state index contributed by atoms with van der Waals surface area (Å²) in [6.07, 6.45) is 0.753. The zero-order chi connectivity index (χ0) is 27.9. The normalized spacial score (nSPS) is 11.8. The predicted octanol–water partition coefficient (Wildman–Crippen LogP) is 4.52. The van der Waals surface area contributed by atoms with Crippen LogP contribution in [0.2, 0.25) is 0 Å². The van der Waals surface area contributed by atoms with Crippen molar-refractivity contribution in [2.24, 2.45) is 5.92 Å². The van der Waals surface area contributed by atoms with Crippen molar-refractivity contribution in [1.29, 1.82) is 0 Å². The summed E-state index contributed by atoms with van der Waals surface area (Å²) in [5.74, 6) is -0.199. The van der Waals surface area contributed by atoms with Crippen LogP contribution in [0.4, 0.5) is 10.1 Å². The van der Waals surface area contributed by atoms with Gasteiger partial charge in [-0.15, -0.1) is 5.10 Å². The summed E-state index contributed by atoms with van der Waals surface area (Å²) < 4.78 is 26.8. The number of benzene rings is 3. The fraction of sp³-hybridized carbons (Fsp3) is 0.310. The number of hydrogen-bond donors (Lipinski definition) is 1. The van der Waals surface area contributed by atoms with E-state index in [4.69, 9.17) is 9.47 Å². The molecule has 1 atom stereocenters. The highest BCUT2D eigenvalue weighted by Gasteiger charge is 2.34. The van der Waals surface area contributed by atoms with Crippen LogP contribution in [-0.2, 0) is 16.1 Å². The Kier molecular flexibility index (Phi) is 8.75. The lowest BCUT2D eigenvalue weighted by Crippen LogP contribution is -2.45. The number of para-hydroxylation sites is 1. The summed E-state index contributed by atoms with van der Waals surface area (Å²) in [5, 5.41) is 11.2. The van der Waals surface area contributed by atoms with Gasteiger partial charge >= 0.3 is 0 Å². The molecule has 0 radical (unpaired) electrons. The molecule has 0 bridgehead atoms. The molecule has 3 aromatic carbocycles. The molecule has 0 fully saturated rings. The van der Waals surface area contributed by atoms with Crippen LogP contribution in [-0.4, -0.2) is 47.6 Å². The van der Waals surface area contributed by atoms with E-state index in [0.29, 0.717) is 40.6 Å². The van der Waals surface area contributed by atoms with Crippen molar-refractivity contribution in [1.82, 2.24) is 20.3 Å². The summed E-state index contributed by atoms with van der Waals surface area (Å²) >= 11 is 0. The van der Waals surface area contributed by atoms with Gasteiger partial charge in [0.15, 0.2) is 11.5 Å². The maximum absolute atomic E-state index is 14.4. The molecule has 4 aromatic rings. The zero-order valence-electron chi connectivity index (χ0n) is 22.4. The molecule has 0 aliphatic carbocycles. The van der Waals surface area contributed by atoms with Crippen LogP contribution in [0, 0.1) is 11.7 Å². The molecule has 0 saturated carbocycles. The van der Waals surface area contributed by atoms with E-state index in [9.17, 15) is 14.0 Å². The maximum atomic E-state index is 14.4. The van der Waals surface area contributed by atoms with Gasteiger partial charge in [0, 0.05) is 12.2 Å². The van der Waals surface area contributed by atoms with Gasteiger partial charge in [0.1, 0.15) is 23.9 Å². The summed E-state index contributed by atoms with van der Waals surface area (Å²) in [6.45, 7) is 4.31. The van der Waals surface area contributed by atoms with Gasteiger partial charge < -0.3 is 14.8 Å². The summed E-state index contributed by atoms with van der Waals surface area (Å²) in [6, 6.07) is 16.7. The summed E-state index contributed by atoms with van der Waals surface area (Å²) in [4.78, 5) is 29.1. The molecule has 9 nitrogen and oxygen atoms in total. The van der Waals surface area contributed by atoms with Gasteiger partial charge in [0.25, 0.3) is 0 Å². The number of methoxy groups -OCH3 is 2. The number of ether oxygens (including phenoxy) is 2. The topological polar surface area (TPSA) is 98.6 Å². The SMILES string of the molecule is COc1ccc(C(C(=O)NCCC(C)C)N(C(=O)Cn2nnc3ccccc32)c2cccc(F)c2)cc1OC. The number of amides is 2. The van der Waals surface area contributed by atoms with Crippen molar-refractivity contribution in [2.45, 2.75) is 32.9 Å². The Morgan fingerprint density at radius 3 is 2.49 bits per heavy atom. The number of rotatable bonds is 11. The van der Waals surface area contributed by atoms with Crippen molar-refractivity contribution < 1.29 is 23.5 Å². The number of carbonyl (C=O) groups is 2. The quantitative estimate of drug-likeness (QED) is 0.304. The van der Waals surface area contributed by atoms with Crippen molar-refractivity contribution in [3.05, 3.63) is 78.1 Å². The minimum absolute atomic E-state index is 0.222. The predicted molar refractivity (Wildman–Crippen MR) is 146 cm³/mol. The van der Waals surface area contributed by atoms with Crippen LogP contribution in [0.15, 0.2) is 66.7 Å².